The minimum Gasteiger partial charge on any atom is -0.462 e. The molecule has 0 rings (SSSR count). The van der Waals surface area contributed by atoms with E-state index in [-0.39, 0.29) is 25.7 Å². The van der Waals surface area contributed by atoms with E-state index in [1.54, 1.807) is 0 Å². The average Bonchev–Trinajstić information content (AvgIpc) is 1.30. The molecule has 17 nitrogen and oxygen atoms in total. The van der Waals surface area contributed by atoms with Gasteiger partial charge in [0, 0.05) is 25.7 Å². The lowest BCUT2D eigenvalue weighted by atomic mass is 10.0. The molecule has 0 heterocycles. The number of hydrogen-bond donors (Lipinski definition) is 3. The van der Waals surface area contributed by atoms with Crippen LogP contribution in [0, 0.1) is 11.8 Å². The number of aliphatic hydroxyl groups is 1. The summed E-state index contributed by atoms with van der Waals surface area (Å²) in [6.45, 7) is 9.39. The quantitative estimate of drug-likeness (QED) is 0.0169. The highest BCUT2D eigenvalue weighted by molar-refractivity contribution is 7.47. The lowest BCUT2D eigenvalue weighted by molar-refractivity contribution is -0.161. The number of hydrogen-bond acceptors (Lipinski definition) is 15. The monoisotopic (exact) mass is 1370 g/mol. The van der Waals surface area contributed by atoms with Crippen molar-refractivity contribution in [1.29, 1.82) is 0 Å². The van der Waals surface area contributed by atoms with Crippen molar-refractivity contribution in [1.82, 2.24) is 0 Å². The Hall–Kier alpha value is -2.98. The number of aliphatic hydroxyl groups excluding tert-OH is 1. The molecule has 0 bridgehead atoms. The van der Waals surface area contributed by atoms with Crippen LogP contribution in [0.25, 0.3) is 0 Å². The van der Waals surface area contributed by atoms with Crippen LogP contribution in [0.4, 0.5) is 0 Å². The van der Waals surface area contributed by atoms with E-state index in [9.17, 15) is 43.2 Å². The van der Waals surface area contributed by atoms with Crippen LogP contribution >= 0.6 is 15.6 Å². The van der Waals surface area contributed by atoms with Crippen LogP contribution in [0.1, 0.15) is 337 Å². The van der Waals surface area contributed by atoms with E-state index in [0.29, 0.717) is 31.6 Å². The maximum Gasteiger partial charge on any atom is 0.472 e. The van der Waals surface area contributed by atoms with Crippen molar-refractivity contribution in [2.75, 3.05) is 39.6 Å². The molecule has 550 valence electrons. The predicted molar refractivity (Wildman–Crippen MR) is 381 cm³/mol. The van der Waals surface area contributed by atoms with Crippen LogP contribution in [-0.2, 0) is 65.4 Å². The molecule has 0 aliphatic rings. The summed E-state index contributed by atoms with van der Waals surface area (Å²) in [6.07, 6.45) is 58.5. The molecule has 0 aliphatic carbocycles. The minimum atomic E-state index is -4.97. The molecule has 0 fully saturated rings. The molecule has 3 N–H and O–H groups in total. The largest absolute Gasteiger partial charge is 0.472 e. The van der Waals surface area contributed by atoms with Crippen molar-refractivity contribution in [2.24, 2.45) is 11.8 Å². The number of unbranched alkanes of at least 4 members (excludes halogenated alkanes) is 34. The van der Waals surface area contributed by atoms with Gasteiger partial charge in [0.1, 0.15) is 19.3 Å². The van der Waals surface area contributed by atoms with Gasteiger partial charge in [-0.15, -0.1) is 0 Å². The number of carbonyl (C=O) groups excluding carboxylic acids is 4. The number of esters is 4. The van der Waals surface area contributed by atoms with Gasteiger partial charge in [-0.3, -0.25) is 37.3 Å². The Balaban J connectivity index is 5.33. The highest BCUT2D eigenvalue weighted by Gasteiger charge is 2.30. The Bertz CT molecular complexity index is 2010. The molecule has 0 radical (unpaired) electrons. The van der Waals surface area contributed by atoms with Crippen molar-refractivity contribution in [3.63, 3.8) is 0 Å². The number of carbonyl (C=O) groups is 4. The maximum atomic E-state index is 13.1. The SMILES string of the molecule is CCCCCC/C=C\C=C/CCCCCCCC(=O)O[C@H](COC(=O)CCCCCCCCCCCCCC(C)C)COP(=O)(O)OCC(O)COP(=O)(O)OC[C@@H](COC(=O)CCCCCCCCCC(C)C)OC(=O)CCCCCCC/C=C\C=C/CCCCCC. The summed E-state index contributed by atoms with van der Waals surface area (Å²) in [6, 6.07) is 0. The molecule has 0 amide bonds. The average molecular weight is 1370 g/mol. The van der Waals surface area contributed by atoms with E-state index in [4.69, 9.17) is 37.0 Å². The van der Waals surface area contributed by atoms with E-state index >= 15 is 0 Å². The fourth-order valence-electron chi connectivity index (χ4n) is 10.4. The second kappa shape index (κ2) is 65.9. The van der Waals surface area contributed by atoms with Crippen LogP contribution in [0.15, 0.2) is 48.6 Å². The molecule has 0 aromatic carbocycles. The highest BCUT2D eigenvalue weighted by Crippen LogP contribution is 2.45. The van der Waals surface area contributed by atoms with Gasteiger partial charge in [-0.25, -0.2) is 9.13 Å². The normalized spacial score (nSPS) is 14.4. The van der Waals surface area contributed by atoms with Crippen molar-refractivity contribution in [3.8, 4) is 0 Å². The fourth-order valence-corrected chi connectivity index (χ4v) is 12.0. The second-order valence-corrected chi connectivity index (χ2v) is 29.5. The molecule has 0 aromatic heterocycles. The summed E-state index contributed by atoms with van der Waals surface area (Å²) in [5.41, 5.74) is 0. The molecule has 0 spiro atoms. The Kier molecular flexibility index (Phi) is 63.8. The Morgan fingerprint density at radius 3 is 0.862 bits per heavy atom. The molecular weight excluding hydrogens is 1230 g/mol. The number of rotatable bonds is 70. The van der Waals surface area contributed by atoms with Crippen LogP contribution < -0.4 is 0 Å². The molecule has 0 aliphatic heterocycles. The van der Waals surface area contributed by atoms with Crippen molar-refractivity contribution in [3.05, 3.63) is 48.6 Å². The van der Waals surface area contributed by atoms with Gasteiger partial charge in [0.15, 0.2) is 12.2 Å². The summed E-state index contributed by atoms with van der Waals surface area (Å²) < 4.78 is 68.4. The first-order valence-electron chi connectivity index (χ1n) is 37.6. The van der Waals surface area contributed by atoms with E-state index < -0.39 is 97.5 Å². The van der Waals surface area contributed by atoms with E-state index in [2.05, 4.69) is 90.2 Å². The number of ether oxygens (including phenoxy) is 4. The lowest BCUT2D eigenvalue weighted by Crippen LogP contribution is -2.30. The van der Waals surface area contributed by atoms with Crippen LogP contribution in [0.2, 0.25) is 0 Å². The Morgan fingerprint density at radius 2 is 0.574 bits per heavy atom. The van der Waals surface area contributed by atoms with Gasteiger partial charge in [-0.05, 0) is 88.9 Å². The molecule has 0 saturated carbocycles. The third-order valence-corrected chi connectivity index (χ3v) is 18.1. The minimum absolute atomic E-state index is 0.0816. The predicted octanol–water partition coefficient (Wildman–Crippen LogP) is 21.0. The molecule has 19 heteroatoms. The first-order valence-corrected chi connectivity index (χ1v) is 40.6. The van der Waals surface area contributed by atoms with Gasteiger partial charge < -0.3 is 33.8 Å². The molecule has 94 heavy (non-hydrogen) atoms. The molecule has 0 saturated heterocycles. The third-order valence-electron chi connectivity index (χ3n) is 16.2. The van der Waals surface area contributed by atoms with Crippen molar-refractivity contribution >= 4 is 39.5 Å². The van der Waals surface area contributed by atoms with Gasteiger partial charge in [0.05, 0.1) is 26.4 Å². The van der Waals surface area contributed by atoms with E-state index in [1.165, 1.54) is 122 Å². The first kappa shape index (κ1) is 91.0. The second-order valence-electron chi connectivity index (χ2n) is 26.6. The highest BCUT2D eigenvalue weighted by atomic mass is 31.2. The lowest BCUT2D eigenvalue weighted by Gasteiger charge is -2.21. The van der Waals surface area contributed by atoms with Crippen molar-refractivity contribution in [2.45, 2.75) is 355 Å². The van der Waals surface area contributed by atoms with Crippen LogP contribution in [0.5, 0.6) is 0 Å². The smallest absolute Gasteiger partial charge is 0.462 e. The molecule has 0 aromatic rings. The zero-order valence-electron chi connectivity index (χ0n) is 60.2. The first-order chi connectivity index (χ1) is 45.4. The molecule has 5 atom stereocenters. The Morgan fingerprint density at radius 1 is 0.330 bits per heavy atom. The Labute approximate surface area is 572 Å². The van der Waals surface area contributed by atoms with Crippen LogP contribution in [0.3, 0.4) is 0 Å². The summed E-state index contributed by atoms with van der Waals surface area (Å²) in [5.74, 6) is -0.713. The summed E-state index contributed by atoms with van der Waals surface area (Å²) in [4.78, 5) is 72.7. The number of phosphoric ester groups is 2. The van der Waals surface area contributed by atoms with Gasteiger partial charge >= 0.3 is 39.5 Å². The van der Waals surface area contributed by atoms with Gasteiger partial charge in [0.25, 0.3) is 0 Å². The van der Waals surface area contributed by atoms with Crippen molar-refractivity contribution < 1.29 is 80.2 Å². The van der Waals surface area contributed by atoms with Gasteiger partial charge in [-0.1, -0.05) is 283 Å². The maximum absolute atomic E-state index is 13.1. The standard InChI is InChI=1S/C75H138O17P2/c1-7-9-11-13-15-17-19-21-23-25-29-34-40-47-53-59-74(79)91-70(63-85-72(77)57-51-45-39-33-31-27-28-32-37-43-49-55-67(3)4)65-89-93(81,82)87-61-69(76)62-88-94(83,84)90-66-71(64-86-73(78)58-52-46-42-36-38-44-50-56-68(5)6)92-75(80)60-54-48-41-35-30-26-24-22-20-18-16-14-12-10-8-2/h17-24,67-71,76H,7-16,25-66H2,1-6H3,(H,81,82)(H,83,84)/b19-17-,20-18-,23-21-,24-22-/t69?,70-,71-/m1/s1. The zero-order chi connectivity index (χ0) is 69.3. The molecular formula is C75H138O17P2. The molecule has 3 unspecified atom stereocenters. The van der Waals surface area contributed by atoms with E-state index in [1.807, 2.05) is 0 Å². The van der Waals surface area contributed by atoms with Gasteiger partial charge in [-0.2, -0.15) is 0 Å². The topological polar surface area (TPSA) is 237 Å². The third kappa shape index (κ3) is 67.6. The van der Waals surface area contributed by atoms with Crippen LogP contribution in [-0.4, -0.2) is 96.7 Å². The van der Waals surface area contributed by atoms with Gasteiger partial charge in [0.2, 0.25) is 0 Å². The summed E-state index contributed by atoms with van der Waals surface area (Å²) in [7, 11) is -9.94. The zero-order valence-corrected chi connectivity index (χ0v) is 62.0. The number of allylic oxidation sites excluding steroid dienone is 8. The summed E-state index contributed by atoms with van der Waals surface area (Å²) in [5, 5.41) is 10.6. The fraction of sp³-hybridized carbons (Fsp3) is 0.840. The summed E-state index contributed by atoms with van der Waals surface area (Å²) >= 11 is 0. The van der Waals surface area contributed by atoms with E-state index in [0.717, 1.165) is 128 Å². The number of phosphoric acid groups is 2.